The van der Waals surface area contributed by atoms with Gasteiger partial charge in [-0.05, 0) is 67.8 Å². The van der Waals surface area contributed by atoms with Gasteiger partial charge in [0.1, 0.15) is 0 Å². The van der Waals surface area contributed by atoms with Crippen molar-refractivity contribution in [3.63, 3.8) is 0 Å². The molecule has 0 N–H and O–H groups in total. The highest BCUT2D eigenvalue weighted by Gasteiger charge is 2.23. The SMILES string of the molecule is Cc1ccc(C(=O)N2CCCN(C(=O)c3ccc(N(C)C)cc3)CC2)cc1C. The smallest absolute Gasteiger partial charge is 0.253 e. The summed E-state index contributed by atoms with van der Waals surface area (Å²) in [5.74, 6) is 0.0820. The molecule has 5 heteroatoms. The zero-order valence-corrected chi connectivity index (χ0v) is 17.2. The predicted octanol–water partition coefficient (Wildman–Crippen LogP) is 3.36. The molecular formula is C23H29N3O2. The van der Waals surface area contributed by atoms with E-state index in [2.05, 4.69) is 0 Å². The van der Waals surface area contributed by atoms with Gasteiger partial charge in [-0.25, -0.2) is 0 Å². The molecule has 5 nitrogen and oxygen atoms in total. The van der Waals surface area contributed by atoms with E-state index in [-0.39, 0.29) is 11.8 Å². The second kappa shape index (κ2) is 8.46. The van der Waals surface area contributed by atoms with E-state index in [4.69, 9.17) is 0 Å². The first kappa shape index (κ1) is 19.9. The molecular weight excluding hydrogens is 350 g/mol. The molecule has 0 bridgehead atoms. The first-order valence-corrected chi connectivity index (χ1v) is 9.80. The molecule has 1 fully saturated rings. The van der Waals surface area contributed by atoms with Gasteiger partial charge in [0.15, 0.2) is 0 Å². The Labute approximate surface area is 167 Å². The topological polar surface area (TPSA) is 43.9 Å². The van der Waals surface area contributed by atoms with E-state index in [0.717, 1.165) is 23.2 Å². The quantitative estimate of drug-likeness (QED) is 0.821. The van der Waals surface area contributed by atoms with Crippen LogP contribution in [0.25, 0.3) is 0 Å². The van der Waals surface area contributed by atoms with Gasteiger partial charge in [-0.1, -0.05) is 6.07 Å². The first-order valence-electron chi connectivity index (χ1n) is 9.80. The molecule has 0 unspecified atom stereocenters. The second-order valence-corrected chi connectivity index (χ2v) is 7.68. The number of carbonyl (C=O) groups excluding carboxylic acids is 2. The molecule has 28 heavy (non-hydrogen) atoms. The average molecular weight is 380 g/mol. The van der Waals surface area contributed by atoms with Crippen molar-refractivity contribution in [2.45, 2.75) is 20.3 Å². The van der Waals surface area contributed by atoms with Gasteiger partial charge < -0.3 is 14.7 Å². The number of amides is 2. The zero-order chi connectivity index (χ0) is 20.3. The fraction of sp³-hybridized carbons (Fsp3) is 0.391. The van der Waals surface area contributed by atoms with Crippen LogP contribution in [0.4, 0.5) is 5.69 Å². The minimum atomic E-state index is 0.0331. The molecule has 3 rings (SSSR count). The van der Waals surface area contributed by atoms with Crippen molar-refractivity contribution in [2.75, 3.05) is 45.2 Å². The Bertz CT molecular complexity index is 859. The van der Waals surface area contributed by atoms with Gasteiger partial charge in [0, 0.05) is 57.1 Å². The van der Waals surface area contributed by atoms with Crippen LogP contribution in [0.2, 0.25) is 0 Å². The van der Waals surface area contributed by atoms with Gasteiger partial charge in [0.2, 0.25) is 0 Å². The maximum absolute atomic E-state index is 12.9. The number of carbonyl (C=O) groups is 2. The number of nitrogens with zero attached hydrogens (tertiary/aromatic N) is 3. The molecule has 148 valence electrons. The normalized spacial score (nSPS) is 14.6. The molecule has 0 aromatic heterocycles. The highest BCUT2D eigenvalue weighted by molar-refractivity contribution is 5.96. The second-order valence-electron chi connectivity index (χ2n) is 7.68. The van der Waals surface area contributed by atoms with Gasteiger partial charge in [-0.3, -0.25) is 9.59 Å². The molecule has 1 aliphatic rings. The van der Waals surface area contributed by atoms with Crippen LogP contribution in [-0.4, -0.2) is 61.9 Å². The highest BCUT2D eigenvalue weighted by Crippen LogP contribution is 2.17. The molecule has 2 aromatic carbocycles. The minimum Gasteiger partial charge on any atom is -0.378 e. The van der Waals surface area contributed by atoms with E-state index in [1.807, 2.05) is 85.1 Å². The number of hydrogen-bond acceptors (Lipinski definition) is 3. The van der Waals surface area contributed by atoms with Crippen molar-refractivity contribution >= 4 is 17.5 Å². The van der Waals surface area contributed by atoms with Crippen molar-refractivity contribution in [2.24, 2.45) is 0 Å². The molecule has 1 aliphatic heterocycles. The van der Waals surface area contributed by atoms with Crippen molar-refractivity contribution in [3.05, 3.63) is 64.7 Å². The van der Waals surface area contributed by atoms with E-state index >= 15 is 0 Å². The summed E-state index contributed by atoms with van der Waals surface area (Å²) >= 11 is 0. The van der Waals surface area contributed by atoms with Gasteiger partial charge >= 0.3 is 0 Å². The lowest BCUT2D eigenvalue weighted by Gasteiger charge is -2.23. The Morgan fingerprint density at radius 2 is 1.29 bits per heavy atom. The Kier molecular flexibility index (Phi) is 6.02. The van der Waals surface area contributed by atoms with Crippen LogP contribution in [-0.2, 0) is 0 Å². The first-order chi connectivity index (χ1) is 13.4. The molecule has 0 aliphatic carbocycles. The summed E-state index contributed by atoms with van der Waals surface area (Å²) in [5, 5.41) is 0. The van der Waals surface area contributed by atoms with E-state index < -0.39 is 0 Å². The van der Waals surface area contributed by atoms with Crippen LogP contribution >= 0.6 is 0 Å². The summed E-state index contributed by atoms with van der Waals surface area (Å²) in [4.78, 5) is 31.5. The van der Waals surface area contributed by atoms with Crippen LogP contribution in [0.5, 0.6) is 0 Å². The van der Waals surface area contributed by atoms with Crippen LogP contribution in [0.15, 0.2) is 42.5 Å². The van der Waals surface area contributed by atoms with E-state index in [9.17, 15) is 9.59 Å². The Hall–Kier alpha value is -2.82. The molecule has 1 saturated heterocycles. The third-order valence-corrected chi connectivity index (χ3v) is 5.45. The lowest BCUT2D eigenvalue weighted by molar-refractivity contribution is 0.0718. The zero-order valence-electron chi connectivity index (χ0n) is 17.2. The number of benzene rings is 2. The van der Waals surface area contributed by atoms with Crippen molar-refractivity contribution in [3.8, 4) is 0 Å². The fourth-order valence-electron chi connectivity index (χ4n) is 3.47. The largest absolute Gasteiger partial charge is 0.378 e. The van der Waals surface area contributed by atoms with Crippen LogP contribution in [0.1, 0.15) is 38.3 Å². The number of hydrogen-bond donors (Lipinski definition) is 0. The molecule has 0 saturated carbocycles. The lowest BCUT2D eigenvalue weighted by Crippen LogP contribution is -2.37. The van der Waals surface area contributed by atoms with Crippen LogP contribution in [0, 0.1) is 13.8 Å². The predicted molar refractivity (Wildman–Crippen MR) is 113 cm³/mol. The third kappa shape index (κ3) is 4.35. The summed E-state index contributed by atoms with van der Waals surface area (Å²) < 4.78 is 0. The van der Waals surface area contributed by atoms with Crippen LogP contribution in [0.3, 0.4) is 0 Å². The number of anilines is 1. The Balaban J connectivity index is 1.66. The fourth-order valence-corrected chi connectivity index (χ4v) is 3.47. The van der Waals surface area contributed by atoms with E-state index in [1.54, 1.807) is 0 Å². The van der Waals surface area contributed by atoms with Crippen molar-refractivity contribution in [1.29, 1.82) is 0 Å². The van der Waals surface area contributed by atoms with E-state index in [1.165, 1.54) is 5.56 Å². The lowest BCUT2D eigenvalue weighted by atomic mass is 10.1. The summed E-state index contributed by atoms with van der Waals surface area (Å²) in [5.41, 5.74) is 4.79. The average Bonchev–Trinajstić information content (AvgIpc) is 2.95. The summed E-state index contributed by atoms with van der Waals surface area (Å²) in [6, 6.07) is 13.5. The maximum Gasteiger partial charge on any atom is 0.253 e. The highest BCUT2D eigenvalue weighted by atomic mass is 16.2. The molecule has 2 amide bonds. The summed E-state index contributed by atoms with van der Waals surface area (Å²) in [6.45, 7) is 6.54. The van der Waals surface area contributed by atoms with Gasteiger partial charge in [-0.2, -0.15) is 0 Å². The Morgan fingerprint density at radius 1 is 0.750 bits per heavy atom. The molecule has 1 heterocycles. The molecule has 0 spiro atoms. The minimum absolute atomic E-state index is 0.0331. The summed E-state index contributed by atoms with van der Waals surface area (Å²) in [7, 11) is 3.96. The summed E-state index contributed by atoms with van der Waals surface area (Å²) in [6.07, 6.45) is 0.790. The number of aryl methyl sites for hydroxylation is 2. The molecule has 0 radical (unpaired) electrons. The van der Waals surface area contributed by atoms with Crippen molar-refractivity contribution < 1.29 is 9.59 Å². The van der Waals surface area contributed by atoms with Gasteiger partial charge in [-0.15, -0.1) is 0 Å². The van der Waals surface area contributed by atoms with E-state index in [0.29, 0.717) is 31.7 Å². The van der Waals surface area contributed by atoms with Gasteiger partial charge in [0.05, 0.1) is 0 Å². The molecule has 0 atom stereocenters. The Morgan fingerprint density at radius 3 is 1.82 bits per heavy atom. The van der Waals surface area contributed by atoms with Crippen molar-refractivity contribution in [1.82, 2.24) is 9.80 Å². The molecule has 2 aromatic rings. The maximum atomic E-state index is 12.9. The van der Waals surface area contributed by atoms with Gasteiger partial charge in [0.25, 0.3) is 11.8 Å². The number of rotatable bonds is 3. The third-order valence-electron chi connectivity index (χ3n) is 5.45. The van der Waals surface area contributed by atoms with Crippen LogP contribution < -0.4 is 4.90 Å². The monoisotopic (exact) mass is 379 g/mol. The standard InChI is InChI=1S/C23H29N3O2/c1-17-6-7-20(16-18(17)2)23(28)26-13-5-12-25(14-15-26)22(27)19-8-10-21(11-9-19)24(3)4/h6-11,16H,5,12-15H2,1-4H3.